The lowest BCUT2D eigenvalue weighted by Crippen LogP contribution is -2.05. The van der Waals surface area contributed by atoms with Gasteiger partial charge >= 0.3 is 0 Å². The van der Waals surface area contributed by atoms with Crippen molar-refractivity contribution < 1.29 is 4.74 Å². The van der Waals surface area contributed by atoms with Gasteiger partial charge in [-0.25, -0.2) is 0 Å². The summed E-state index contributed by atoms with van der Waals surface area (Å²) in [6.07, 6.45) is 1.89. The first kappa shape index (κ1) is 9.04. The monoisotopic (exact) mass is 188 g/mol. The van der Waals surface area contributed by atoms with Crippen LogP contribution < -0.4 is 10.5 Å². The molecule has 2 rings (SSSR count). The fraction of sp³-hybridized carbons (Fsp3) is 0.364. The van der Waals surface area contributed by atoms with Crippen molar-refractivity contribution in [3.8, 4) is 11.8 Å². The van der Waals surface area contributed by atoms with Crippen LogP contribution in [0.15, 0.2) is 12.1 Å². The Labute approximate surface area is 83.1 Å². The third kappa shape index (κ3) is 1.24. The van der Waals surface area contributed by atoms with Gasteiger partial charge in [-0.3, -0.25) is 0 Å². The Morgan fingerprint density at radius 2 is 2.36 bits per heavy atom. The van der Waals surface area contributed by atoms with Crippen LogP contribution in [-0.4, -0.2) is 7.11 Å². The molecule has 0 bridgehead atoms. The minimum Gasteiger partial charge on any atom is -0.496 e. The van der Waals surface area contributed by atoms with Crippen molar-refractivity contribution in [1.82, 2.24) is 0 Å². The van der Waals surface area contributed by atoms with E-state index in [2.05, 4.69) is 6.07 Å². The standard InChI is InChI=1S/C11H12N2O/c1-14-11-5-7(6-12)4-9-8(11)2-3-10(9)13/h4-5,10H,2-3,13H2,1H3. The van der Waals surface area contributed by atoms with Gasteiger partial charge in [0.05, 0.1) is 18.7 Å². The average Bonchev–Trinajstić information content (AvgIpc) is 2.59. The zero-order chi connectivity index (χ0) is 10.1. The second-order valence-electron chi connectivity index (χ2n) is 3.50. The van der Waals surface area contributed by atoms with Gasteiger partial charge in [-0.05, 0) is 36.1 Å². The summed E-state index contributed by atoms with van der Waals surface area (Å²) >= 11 is 0. The zero-order valence-corrected chi connectivity index (χ0v) is 8.08. The number of nitrogens with two attached hydrogens (primary N) is 1. The van der Waals surface area contributed by atoms with E-state index < -0.39 is 0 Å². The summed E-state index contributed by atoms with van der Waals surface area (Å²) in [7, 11) is 1.63. The van der Waals surface area contributed by atoms with Crippen LogP contribution in [0.4, 0.5) is 0 Å². The Balaban J connectivity index is 2.59. The molecule has 1 aliphatic rings. The summed E-state index contributed by atoms with van der Waals surface area (Å²) in [6.45, 7) is 0. The Bertz CT molecular complexity index is 406. The molecule has 72 valence electrons. The maximum absolute atomic E-state index is 8.83. The maximum Gasteiger partial charge on any atom is 0.123 e. The average molecular weight is 188 g/mol. The van der Waals surface area contributed by atoms with Crippen LogP contribution >= 0.6 is 0 Å². The van der Waals surface area contributed by atoms with Crippen molar-refractivity contribution in [3.63, 3.8) is 0 Å². The number of ether oxygens (including phenoxy) is 1. The third-order valence-corrected chi connectivity index (χ3v) is 2.70. The number of nitrogens with zero attached hydrogens (tertiary/aromatic N) is 1. The number of hydrogen-bond donors (Lipinski definition) is 1. The van der Waals surface area contributed by atoms with Gasteiger partial charge in [0.1, 0.15) is 5.75 Å². The van der Waals surface area contributed by atoms with Crippen LogP contribution in [0.3, 0.4) is 0 Å². The van der Waals surface area contributed by atoms with Gasteiger partial charge < -0.3 is 10.5 Å². The van der Waals surface area contributed by atoms with E-state index in [9.17, 15) is 0 Å². The molecule has 3 heteroatoms. The summed E-state index contributed by atoms with van der Waals surface area (Å²) in [6, 6.07) is 5.82. The highest BCUT2D eigenvalue weighted by Crippen LogP contribution is 2.36. The lowest BCUT2D eigenvalue weighted by Gasteiger charge is -2.09. The molecular weight excluding hydrogens is 176 g/mol. The van der Waals surface area contributed by atoms with Gasteiger partial charge in [0.2, 0.25) is 0 Å². The van der Waals surface area contributed by atoms with Gasteiger partial charge in [0.25, 0.3) is 0 Å². The van der Waals surface area contributed by atoms with Gasteiger partial charge in [0.15, 0.2) is 0 Å². The number of rotatable bonds is 1. The molecule has 0 amide bonds. The lowest BCUT2D eigenvalue weighted by atomic mass is 10.0. The number of hydrogen-bond acceptors (Lipinski definition) is 3. The van der Waals surface area contributed by atoms with Crippen molar-refractivity contribution in [3.05, 3.63) is 28.8 Å². The summed E-state index contributed by atoms with van der Waals surface area (Å²) in [5, 5.41) is 8.83. The Hall–Kier alpha value is -1.53. The van der Waals surface area contributed by atoms with Crippen LogP contribution in [0.25, 0.3) is 0 Å². The molecule has 0 heterocycles. The molecule has 1 aromatic carbocycles. The van der Waals surface area contributed by atoms with Crippen LogP contribution in [0.2, 0.25) is 0 Å². The van der Waals surface area contributed by atoms with E-state index in [1.807, 2.05) is 6.07 Å². The molecule has 0 saturated carbocycles. The highest BCUT2D eigenvalue weighted by molar-refractivity contribution is 5.51. The lowest BCUT2D eigenvalue weighted by molar-refractivity contribution is 0.410. The number of benzene rings is 1. The highest BCUT2D eigenvalue weighted by Gasteiger charge is 2.23. The first-order valence-corrected chi connectivity index (χ1v) is 4.62. The SMILES string of the molecule is COc1cc(C#N)cc2c1CCC2N. The van der Waals surface area contributed by atoms with Crippen LogP contribution in [0.5, 0.6) is 5.75 Å². The number of methoxy groups -OCH3 is 1. The van der Waals surface area contributed by atoms with Crippen LogP contribution in [-0.2, 0) is 6.42 Å². The molecular formula is C11H12N2O. The summed E-state index contributed by atoms with van der Waals surface area (Å²) < 4.78 is 5.24. The fourth-order valence-electron chi connectivity index (χ4n) is 1.97. The first-order valence-electron chi connectivity index (χ1n) is 4.62. The fourth-order valence-corrected chi connectivity index (χ4v) is 1.97. The molecule has 0 spiro atoms. The molecule has 1 aromatic rings. The molecule has 1 atom stereocenters. The molecule has 3 nitrogen and oxygen atoms in total. The van der Waals surface area contributed by atoms with Crippen molar-refractivity contribution in [2.45, 2.75) is 18.9 Å². The van der Waals surface area contributed by atoms with Crippen LogP contribution in [0.1, 0.15) is 29.2 Å². The van der Waals surface area contributed by atoms with Gasteiger partial charge in [-0.15, -0.1) is 0 Å². The summed E-state index contributed by atoms with van der Waals surface area (Å²) in [5.41, 5.74) is 8.79. The number of fused-ring (bicyclic) bond motifs is 1. The van der Waals surface area contributed by atoms with Gasteiger partial charge in [0, 0.05) is 6.04 Å². The second kappa shape index (κ2) is 3.32. The largest absolute Gasteiger partial charge is 0.496 e. The highest BCUT2D eigenvalue weighted by atomic mass is 16.5. The topological polar surface area (TPSA) is 59.0 Å². The van der Waals surface area contributed by atoms with Crippen molar-refractivity contribution in [1.29, 1.82) is 5.26 Å². The molecule has 0 fully saturated rings. The first-order chi connectivity index (χ1) is 6.76. The van der Waals surface area contributed by atoms with Gasteiger partial charge in [-0.1, -0.05) is 0 Å². The second-order valence-corrected chi connectivity index (χ2v) is 3.50. The Morgan fingerprint density at radius 1 is 1.57 bits per heavy atom. The smallest absolute Gasteiger partial charge is 0.123 e. The maximum atomic E-state index is 8.83. The molecule has 0 aromatic heterocycles. The van der Waals surface area contributed by atoms with E-state index in [0.29, 0.717) is 5.56 Å². The molecule has 2 N–H and O–H groups in total. The predicted octanol–water partition coefficient (Wildman–Crippen LogP) is 1.51. The molecule has 1 aliphatic carbocycles. The van der Waals surface area contributed by atoms with E-state index in [4.69, 9.17) is 15.7 Å². The molecule has 14 heavy (non-hydrogen) atoms. The van der Waals surface area contributed by atoms with Crippen LogP contribution in [0, 0.1) is 11.3 Å². The van der Waals surface area contributed by atoms with Crippen molar-refractivity contribution >= 4 is 0 Å². The van der Waals surface area contributed by atoms with E-state index in [1.165, 1.54) is 5.56 Å². The quantitative estimate of drug-likeness (QED) is 0.726. The minimum atomic E-state index is 0.0622. The summed E-state index contributed by atoms with van der Waals surface area (Å²) in [4.78, 5) is 0. The molecule has 0 aliphatic heterocycles. The minimum absolute atomic E-state index is 0.0622. The predicted molar refractivity (Wildman–Crippen MR) is 53.0 cm³/mol. The van der Waals surface area contributed by atoms with Gasteiger partial charge in [-0.2, -0.15) is 5.26 Å². The molecule has 1 unspecified atom stereocenters. The van der Waals surface area contributed by atoms with E-state index >= 15 is 0 Å². The van der Waals surface area contributed by atoms with E-state index in [0.717, 1.165) is 24.2 Å². The number of nitriles is 1. The van der Waals surface area contributed by atoms with E-state index in [-0.39, 0.29) is 6.04 Å². The molecule has 0 saturated heterocycles. The summed E-state index contributed by atoms with van der Waals surface area (Å²) in [5.74, 6) is 0.798. The Morgan fingerprint density at radius 3 is 3.00 bits per heavy atom. The molecule has 0 radical (unpaired) electrons. The normalized spacial score (nSPS) is 18.8. The van der Waals surface area contributed by atoms with Crippen molar-refractivity contribution in [2.24, 2.45) is 5.73 Å². The zero-order valence-electron chi connectivity index (χ0n) is 8.08. The van der Waals surface area contributed by atoms with E-state index in [1.54, 1.807) is 13.2 Å². The third-order valence-electron chi connectivity index (χ3n) is 2.70. The van der Waals surface area contributed by atoms with Crippen molar-refractivity contribution in [2.75, 3.05) is 7.11 Å². The Kier molecular flexibility index (Phi) is 2.14.